The van der Waals surface area contributed by atoms with Gasteiger partial charge < -0.3 is 9.64 Å². The number of nitrogens with zero attached hydrogens (tertiary/aromatic N) is 1. The first-order valence-corrected chi connectivity index (χ1v) is 6.69. The van der Waals surface area contributed by atoms with Crippen LogP contribution in [0, 0.1) is 11.8 Å². The van der Waals surface area contributed by atoms with Crippen molar-refractivity contribution in [2.75, 3.05) is 31.4 Å². The van der Waals surface area contributed by atoms with Crippen LogP contribution in [-0.2, 0) is 0 Å². The van der Waals surface area contributed by atoms with Gasteiger partial charge in [-0.1, -0.05) is 19.9 Å². The van der Waals surface area contributed by atoms with Gasteiger partial charge in [0, 0.05) is 31.8 Å². The summed E-state index contributed by atoms with van der Waals surface area (Å²) >= 11 is 4.37. The molecule has 0 bridgehead atoms. The Hall–Kier alpha value is -0.830. The minimum absolute atomic E-state index is 0.501. The van der Waals surface area contributed by atoms with Gasteiger partial charge in [-0.25, -0.2) is 0 Å². The second-order valence-electron chi connectivity index (χ2n) is 4.89. The van der Waals surface area contributed by atoms with Crippen molar-refractivity contribution < 1.29 is 4.74 Å². The minimum Gasteiger partial charge on any atom is -0.493 e. The van der Waals surface area contributed by atoms with Gasteiger partial charge in [-0.2, -0.15) is 12.6 Å². The van der Waals surface area contributed by atoms with Crippen LogP contribution in [0.25, 0.3) is 0 Å². The molecule has 2 nitrogen and oxygen atoms in total. The molecule has 0 saturated heterocycles. The molecule has 1 atom stereocenters. The van der Waals surface area contributed by atoms with Crippen LogP contribution in [0.4, 0.5) is 5.69 Å². The fraction of sp³-hybridized carbons (Fsp3) is 0.571. The predicted octanol–water partition coefficient (Wildman–Crippen LogP) is 3.33. The summed E-state index contributed by atoms with van der Waals surface area (Å²) in [5, 5.41) is 0. The molecule has 0 amide bonds. The molecule has 1 aromatic carbocycles. The van der Waals surface area contributed by atoms with E-state index >= 15 is 0 Å². The second-order valence-corrected chi connectivity index (χ2v) is 5.25. The highest BCUT2D eigenvalue weighted by Crippen LogP contribution is 2.21. The van der Waals surface area contributed by atoms with Crippen molar-refractivity contribution in [3.63, 3.8) is 0 Å². The van der Waals surface area contributed by atoms with Crippen LogP contribution < -0.4 is 9.64 Å². The molecule has 1 rings (SSSR count). The van der Waals surface area contributed by atoms with Crippen molar-refractivity contribution in [3.05, 3.63) is 24.3 Å². The number of hydrogen-bond donors (Lipinski definition) is 1. The molecular formula is C14H23NOS. The Morgan fingerprint density at radius 3 is 2.53 bits per heavy atom. The third-order valence-corrected chi connectivity index (χ3v) is 3.44. The Morgan fingerprint density at radius 2 is 2.00 bits per heavy atom. The number of ether oxygens (including phenoxy) is 1. The van der Waals surface area contributed by atoms with E-state index < -0.39 is 0 Å². The first-order valence-electron chi connectivity index (χ1n) is 6.05. The van der Waals surface area contributed by atoms with Crippen LogP contribution in [0.3, 0.4) is 0 Å². The van der Waals surface area contributed by atoms with Crippen LogP contribution in [-0.4, -0.2) is 26.5 Å². The van der Waals surface area contributed by atoms with Crippen LogP contribution in [0.1, 0.15) is 13.8 Å². The topological polar surface area (TPSA) is 12.5 Å². The average Bonchev–Trinajstić information content (AvgIpc) is 2.29. The SMILES string of the molecule is CC(C)C(CS)COc1cccc(N(C)C)c1. The second kappa shape index (κ2) is 6.80. The molecule has 1 aromatic rings. The van der Waals surface area contributed by atoms with Crippen LogP contribution in [0.5, 0.6) is 5.75 Å². The van der Waals surface area contributed by atoms with E-state index in [1.54, 1.807) is 0 Å². The van der Waals surface area contributed by atoms with Gasteiger partial charge in [-0.3, -0.25) is 0 Å². The largest absolute Gasteiger partial charge is 0.493 e. The van der Waals surface area contributed by atoms with Gasteiger partial charge in [0.25, 0.3) is 0 Å². The predicted molar refractivity (Wildman–Crippen MR) is 78.4 cm³/mol. The molecule has 1 unspecified atom stereocenters. The summed E-state index contributed by atoms with van der Waals surface area (Å²) in [7, 11) is 4.06. The quantitative estimate of drug-likeness (QED) is 0.781. The maximum absolute atomic E-state index is 5.84. The van der Waals surface area contributed by atoms with Crippen molar-refractivity contribution in [2.45, 2.75) is 13.8 Å². The first-order chi connectivity index (χ1) is 8.04. The highest BCUT2D eigenvalue weighted by atomic mass is 32.1. The van der Waals surface area contributed by atoms with E-state index in [4.69, 9.17) is 4.74 Å². The van der Waals surface area contributed by atoms with E-state index in [0.717, 1.165) is 23.8 Å². The third-order valence-electron chi connectivity index (χ3n) is 2.98. The van der Waals surface area contributed by atoms with E-state index in [0.29, 0.717) is 11.8 Å². The van der Waals surface area contributed by atoms with Crippen molar-refractivity contribution in [1.82, 2.24) is 0 Å². The summed E-state index contributed by atoms with van der Waals surface area (Å²) in [5.74, 6) is 2.90. The lowest BCUT2D eigenvalue weighted by molar-refractivity contribution is 0.227. The normalized spacial score (nSPS) is 12.6. The lowest BCUT2D eigenvalue weighted by Gasteiger charge is -2.20. The van der Waals surface area contributed by atoms with Crippen molar-refractivity contribution >= 4 is 18.3 Å². The van der Waals surface area contributed by atoms with Gasteiger partial charge in [0.15, 0.2) is 0 Å². The Labute approximate surface area is 110 Å². The van der Waals surface area contributed by atoms with Gasteiger partial charge in [-0.05, 0) is 23.8 Å². The Kier molecular flexibility index (Phi) is 5.69. The zero-order chi connectivity index (χ0) is 12.8. The van der Waals surface area contributed by atoms with Gasteiger partial charge in [0.2, 0.25) is 0 Å². The van der Waals surface area contributed by atoms with Gasteiger partial charge in [0.1, 0.15) is 5.75 Å². The summed E-state index contributed by atoms with van der Waals surface area (Å²) in [4.78, 5) is 2.07. The molecule has 0 aromatic heterocycles. The summed E-state index contributed by atoms with van der Waals surface area (Å²) in [6.07, 6.45) is 0. The Balaban J connectivity index is 2.59. The molecular weight excluding hydrogens is 230 g/mol. The molecule has 0 aliphatic heterocycles. The van der Waals surface area contributed by atoms with Gasteiger partial charge in [0.05, 0.1) is 6.61 Å². The minimum atomic E-state index is 0.501. The molecule has 0 fully saturated rings. The first kappa shape index (κ1) is 14.2. The monoisotopic (exact) mass is 253 g/mol. The smallest absolute Gasteiger partial charge is 0.121 e. The lowest BCUT2D eigenvalue weighted by atomic mass is 9.99. The summed E-state index contributed by atoms with van der Waals surface area (Å²) in [5.41, 5.74) is 1.16. The van der Waals surface area contributed by atoms with E-state index in [1.165, 1.54) is 0 Å². The third kappa shape index (κ3) is 4.50. The zero-order valence-corrected chi connectivity index (χ0v) is 12.1. The maximum atomic E-state index is 5.84. The number of rotatable bonds is 6. The number of anilines is 1. The van der Waals surface area contributed by atoms with Crippen molar-refractivity contribution in [1.29, 1.82) is 0 Å². The Bertz CT molecular complexity index is 339. The van der Waals surface area contributed by atoms with Gasteiger partial charge in [-0.15, -0.1) is 0 Å². The lowest BCUT2D eigenvalue weighted by Crippen LogP contribution is -2.19. The van der Waals surface area contributed by atoms with Gasteiger partial charge >= 0.3 is 0 Å². The van der Waals surface area contributed by atoms with Crippen molar-refractivity contribution in [3.8, 4) is 5.75 Å². The molecule has 96 valence electrons. The molecule has 0 aliphatic rings. The van der Waals surface area contributed by atoms with Crippen LogP contribution >= 0.6 is 12.6 Å². The van der Waals surface area contributed by atoms with E-state index in [-0.39, 0.29) is 0 Å². The number of hydrogen-bond acceptors (Lipinski definition) is 3. The van der Waals surface area contributed by atoms with Crippen LogP contribution in [0.15, 0.2) is 24.3 Å². The summed E-state index contributed by atoms with van der Waals surface area (Å²) < 4.78 is 5.84. The molecule has 0 N–H and O–H groups in total. The molecule has 17 heavy (non-hydrogen) atoms. The van der Waals surface area contributed by atoms with E-state index in [9.17, 15) is 0 Å². The molecule has 3 heteroatoms. The molecule has 0 saturated carbocycles. The maximum Gasteiger partial charge on any atom is 0.121 e. The van der Waals surface area contributed by atoms with E-state index in [1.807, 2.05) is 26.2 Å². The molecule has 0 spiro atoms. The Morgan fingerprint density at radius 1 is 1.29 bits per heavy atom. The summed E-state index contributed by atoms with van der Waals surface area (Å²) in [6, 6.07) is 8.17. The highest BCUT2D eigenvalue weighted by molar-refractivity contribution is 7.80. The van der Waals surface area contributed by atoms with E-state index in [2.05, 4.69) is 43.5 Å². The molecule has 0 heterocycles. The van der Waals surface area contributed by atoms with Crippen molar-refractivity contribution in [2.24, 2.45) is 11.8 Å². The van der Waals surface area contributed by atoms with Crippen LogP contribution in [0.2, 0.25) is 0 Å². The highest BCUT2D eigenvalue weighted by Gasteiger charge is 2.12. The average molecular weight is 253 g/mol. The molecule has 0 aliphatic carbocycles. The number of thiol groups is 1. The number of benzene rings is 1. The standard InChI is InChI=1S/C14H23NOS/c1-11(2)12(10-17)9-16-14-7-5-6-13(8-14)15(3)4/h5-8,11-12,17H,9-10H2,1-4H3. The summed E-state index contributed by atoms with van der Waals surface area (Å²) in [6.45, 7) is 5.15. The molecule has 0 radical (unpaired) electrons. The fourth-order valence-corrected chi connectivity index (χ4v) is 2.04. The zero-order valence-electron chi connectivity index (χ0n) is 11.2. The fourth-order valence-electron chi connectivity index (χ4n) is 1.51.